The summed E-state index contributed by atoms with van der Waals surface area (Å²) in [5, 5.41) is 9.12. The normalized spacial score (nSPS) is 15.0. The van der Waals surface area contributed by atoms with Crippen LogP contribution in [0.4, 0.5) is 0 Å². The van der Waals surface area contributed by atoms with E-state index in [4.69, 9.17) is 9.47 Å². The second-order valence-electron chi connectivity index (χ2n) is 6.77. The lowest BCUT2D eigenvalue weighted by Gasteiger charge is -2.22. The van der Waals surface area contributed by atoms with Gasteiger partial charge in [-0.2, -0.15) is 5.10 Å². The van der Waals surface area contributed by atoms with Gasteiger partial charge in [0.2, 0.25) is 0 Å². The Morgan fingerprint density at radius 2 is 1.96 bits per heavy atom. The van der Waals surface area contributed by atoms with Gasteiger partial charge in [0.15, 0.2) is 5.65 Å². The van der Waals surface area contributed by atoms with Gasteiger partial charge in [0, 0.05) is 26.0 Å². The largest absolute Gasteiger partial charge is 0.381 e. The molecular formula is C20H22N4O4. The Morgan fingerprint density at radius 1 is 1.21 bits per heavy atom. The molecule has 8 heteroatoms. The highest BCUT2D eigenvalue weighted by atomic mass is 16.5. The van der Waals surface area contributed by atoms with Gasteiger partial charge in [-0.15, -0.1) is 0 Å². The van der Waals surface area contributed by atoms with Gasteiger partial charge in [-0.1, -0.05) is 24.3 Å². The zero-order valence-electron chi connectivity index (χ0n) is 15.4. The van der Waals surface area contributed by atoms with Crippen LogP contribution in [0.5, 0.6) is 0 Å². The summed E-state index contributed by atoms with van der Waals surface area (Å²) >= 11 is 0. The van der Waals surface area contributed by atoms with Crippen molar-refractivity contribution in [3.63, 3.8) is 0 Å². The summed E-state index contributed by atoms with van der Waals surface area (Å²) in [6, 6.07) is 11.3. The topological polar surface area (TPSA) is 97.7 Å². The number of nitrogens with zero attached hydrogens (tertiary/aromatic N) is 2. The van der Waals surface area contributed by atoms with E-state index in [1.54, 1.807) is 18.3 Å². The van der Waals surface area contributed by atoms with E-state index in [0.29, 0.717) is 24.4 Å². The maximum absolute atomic E-state index is 12.5. The van der Waals surface area contributed by atoms with Crippen LogP contribution in [0.1, 0.15) is 34.3 Å². The van der Waals surface area contributed by atoms with Gasteiger partial charge in [0.25, 0.3) is 5.91 Å². The highest BCUT2D eigenvalue weighted by Crippen LogP contribution is 2.14. The Balaban J connectivity index is 1.33. The molecule has 3 aromatic rings. The monoisotopic (exact) mass is 382 g/mol. The zero-order valence-corrected chi connectivity index (χ0v) is 15.4. The molecule has 1 fully saturated rings. The first-order chi connectivity index (χ1) is 13.7. The molecule has 0 spiro atoms. The molecule has 28 heavy (non-hydrogen) atoms. The summed E-state index contributed by atoms with van der Waals surface area (Å²) < 4.78 is 12.6. The van der Waals surface area contributed by atoms with E-state index in [2.05, 4.69) is 15.5 Å². The number of aromatic amines is 1. The summed E-state index contributed by atoms with van der Waals surface area (Å²) in [6.07, 6.45) is 3.72. The Hall–Kier alpha value is -2.97. The number of hydrogen-bond donors (Lipinski definition) is 2. The fourth-order valence-corrected chi connectivity index (χ4v) is 3.20. The van der Waals surface area contributed by atoms with E-state index in [-0.39, 0.29) is 17.7 Å². The molecule has 2 N–H and O–H groups in total. The first-order valence-electron chi connectivity index (χ1n) is 9.32. The van der Waals surface area contributed by atoms with Crippen LogP contribution < -0.4 is 11.0 Å². The summed E-state index contributed by atoms with van der Waals surface area (Å²) in [6.45, 7) is 2.50. The molecule has 1 aromatic carbocycles. The summed E-state index contributed by atoms with van der Waals surface area (Å²) in [5.74, 6) is -0.281. The van der Waals surface area contributed by atoms with E-state index >= 15 is 0 Å². The molecule has 146 valence electrons. The number of rotatable bonds is 6. The number of hydrogen-bond acceptors (Lipinski definition) is 5. The molecule has 2 aromatic heterocycles. The number of nitrogens with one attached hydrogen (secondary N) is 2. The fourth-order valence-electron chi connectivity index (χ4n) is 3.20. The molecule has 1 aliphatic rings. The molecule has 1 aliphatic heterocycles. The predicted octanol–water partition coefficient (Wildman–Crippen LogP) is 1.65. The number of H-pyrrole nitrogens is 1. The Bertz CT molecular complexity index is 1000. The summed E-state index contributed by atoms with van der Waals surface area (Å²) in [5.41, 5.74) is 2.37. The van der Waals surface area contributed by atoms with Crippen LogP contribution in [0, 0.1) is 0 Å². The number of aromatic nitrogens is 3. The number of ether oxygens (including phenoxy) is 2. The van der Waals surface area contributed by atoms with E-state index < -0.39 is 0 Å². The van der Waals surface area contributed by atoms with E-state index in [1.807, 2.05) is 24.3 Å². The second-order valence-corrected chi connectivity index (χ2v) is 6.77. The standard InChI is InChI=1S/C20H22N4O4/c25-19(17-2-1-9-24-18(17)22-23-20(24)26)21-12-14-3-5-15(6-4-14)13-28-16-7-10-27-11-8-16/h1-6,9,16H,7-8,10-13H2,(H,21,25)(H,23,26). The number of amides is 1. The molecule has 0 bridgehead atoms. The van der Waals surface area contributed by atoms with Crippen molar-refractivity contribution in [1.29, 1.82) is 0 Å². The molecular weight excluding hydrogens is 360 g/mol. The molecule has 0 unspecified atom stereocenters. The number of carbonyl (C=O) groups excluding carboxylic acids is 1. The number of carbonyl (C=O) groups is 1. The smallest absolute Gasteiger partial charge is 0.347 e. The summed E-state index contributed by atoms with van der Waals surface area (Å²) in [7, 11) is 0. The fraction of sp³-hybridized carbons (Fsp3) is 0.350. The van der Waals surface area contributed by atoms with E-state index in [9.17, 15) is 9.59 Å². The van der Waals surface area contributed by atoms with Crippen molar-refractivity contribution in [3.05, 3.63) is 69.8 Å². The Kier molecular flexibility index (Phi) is 5.50. The molecule has 0 radical (unpaired) electrons. The molecule has 0 aliphatic carbocycles. The van der Waals surface area contributed by atoms with E-state index in [0.717, 1.165) is 37.2 Å². The minimum atomic E-state index is -0.372. The summed E-state index contributed by atoms with van der Waals surface area (Å²) in [4.78, 5) is 24.1. The molecule has 1 saturated heterocycles. The van der Waals surface area contributed by atoms with E-state index in [1.165, 1.54) is 4.40 Å². The third kappa shape index (κ3) is 4.13. The van der Waals surface area contributed by atoms with Gasteiger partial charge in [-0.05, 0) is 36.1 Å². The van der Waals surface area contributed by atoms with Crippen LogP contribution in [-0.4, -0.2) is 39.8 Å². The first-order valence-corrected chi connectivity index (χ1v) is 9.32. The first kappa shape index (κ1) is 18.4. The average Bonchev–Trinajstić information content (AvgIpc) is 3.13. The van der Waals surface area contributed by atoms with Gasteiger partial charge in [0.05, 0.1) is 18.3 Å². The van der Waals surface area contributed by atoms with Gasteiger partial charge < -0.3 is 14.8 Å². The lowest BCUT2D eigenvalue weighted by atomic mass is 10.1. The lowest BCUT2D eigenvalue weighted by molar-refractivity contribution is -0.0390. The molecule has 8 nitrogen and oxygen atoms in total. The van der Waals surface area contributed by atoms with Crippen molar-refractivity contribution in [2.24, 2.45) is 0 Å². The van der Waals surface area contributed by atoms with Crippen molar-refractivity contribution in [2.45, 2.75) is 32.1 Å². The van der Waals surface area contributed by atoms with Crippen LogP contribution in [0.15, 0.2) is 47.4 Å². The highest BCUT2D eigenvalue weighted by Gasteiger charge is 2.14. The number of pyridine rings is 1. The molecule has 1 amide bonds. The minimum absolute atomic E-state index is 0.268. The third-order valence-corrected chi connectivity index (χ3v) is 4.82. The van der Waals surface area contributed by atoms with Crippen LogP contribution in [-0.2, 0) is 22.6 Å². The SMILES string of the molecule is O=C(NCc1ccc(COC2CCOCC2)cc1)c1cccn2c(=O)[nH]nc12. The van der Waals surface area contributed by atoms with Crippen molar-refractivity contribution in [1.82, 2.24) is 19.9 Å². The van der Waals surface area contributed by atoms with Crippen molar-refractivity contribution >= 4 is 11.6 Å². The third-order valence-electron chi connectivity index (χ3n) is 4.82. The van der Waals surface area contributed by atoms with Crippen molar-refractivity contribution in [2.75, 3.05) is 13.2 Å². The highest BCUT2D eigenvalue weighted by molar-refractivity contribution is 5.99. The Morgan fingerprint density at radius 3 is 2.75 bits per heavy atom. The van der Waals surface area contributed by atoms with Crippen LogP contribution in [0.3, 0.4) is 0 Å². The van der Waals surface area contributed by atoms with Gasteiger partial charge in [0.1, 0.15) is 0 Å². The predicted molar refractivity (Wildman–Crippen MR) is 102 cm³/mol. The van der Waals surface area contributed by atoms with Gasteiger partial charge in [-0.3, -0.25) is 4.79 Å². The molecule has 4 rings (SSSR count). The van der Waals surface area contributed by atoms with Gasteiger partial charge in [-0.25, -0.2) is 14.3 Å². The maximum Gasteiger partial charge on any atom is 0.347 e. The molecule has 3 heterocycles. The quantitative estimate of drug-likeness (QED) is 0.676. The average molecular weight is 382 g/mol. The van der Waals surface area contributed by atoms with Crippen molar-refractivity contribution in [3.8, 4) is 0 Å². The number of fused-ring (bicyclic) bond motifs is 1. The van der Waals surface area contributed by atoms with Crippen LogP contribution in [0.2, 0.25) is 0 Å². The second kappa shape index (κ2) is 8.37. The molecule has 0 saturated carbocycles. The van der Waals surface area contributed by atoms with Gasteiger partial charge >= 0.3 is 5.69 Å². The lowest BCUT2D eigenvalue weighted by Crippen LogP contribution is -2.24. The van der Waals surface area contributed by atoms with Crippen molar-refractivity contribution < 1.29 is 14.3 Å². The zero-order chi connectivity index (χ0) is 19.3. The van der Waals surface area contributed by atoms with Crippen LogP contribution in [0.25, 0.3) is 5.65 Å². The minimum Gasteiger partial charge on any atom is -0.381 e. The molecule has 0 atom stereocenters. The van der Waals surface area contributed by atoms with Crippen LogP contribution >= 0.6 is 0 Å². The maximum atomic E-state index is 12.5. The Labute approximate surface area is 161 Å². The number of benzene rings is 1.